The molecule has 6 nitrogen and oxygen atoms in total. The summed E-state index contributed by atoms with van der Waals surface area (Å²) in [6.07, 6.45) is -4.78. The van der Waals surface area contributed by atoms with E-state index in [0.717, 1.165) is 23.1 Å². The number of carbonyl (C=O) groups excluding carboxylic acids is 3. The third-order valence-corrected chi connectivity index (χ3v) is 11.0. The van der Waals surface area contributed by atoms with Crippen molar-refractivity contribution in [2.75, 3.05) is 19.1 Å². The second-order valence-electron chi connectivity index (χ2n) is 13.0. The maximum atomic E-state index is 16.0. The lowest BCUT2D eigenvalue weighted by Gasteiger charge is -2.39. The predicted molar refractivity (Wildman–Crippen MR) is 190 cm³/mol. The van der Waals surface area contributed by atoms with Gasteiger partial charge in [0, 0.05) is 0 Å². The largest absolute Gasteiger partial charge is 0.497 e. The normalized spacial score (nSPS) is 23.7. The zero-order valence-corrected chi connectivity index (χ0v) is 28.5. The number of rotatable bonds is 7. The zero-order valence-electron chi connectivity index (χ0n) is 27.8. The molecule has 0 unspecified atom stereocenters. The molecule has 0 N–H and O–H groups in total. The van der Waals surface area contributed by atoms with Crippen LogP contribution in [-0.2, 0) is 31.4 Å². The van der Waals surface area contributed by atoms with Crippen LogP contribution in [0.2, 0.25) is 5.02 Å². The van der Waals surface area contributed by atoms with Gasteiger partial charge in [0.1, 0.15) is 11.5 Å². The van der Waals surface area contributed by atoms with Crippen LogP contribution < -0.4 is 14.4 Å². The highest BCUT2D eigenvalue weighted by atomic mass is 35.5. The Morgan fingerprint density at radius 3 is 1.42 bits per heavy atom. The molecule has 4 atom stereocenters. The molecule has 10 heteroatoms. The van der Waals surface area contributed by atoms with Gasteiger partial charge in [-0.2, -0.15) is 13.2 Å². The molecule has 3 aliphatic rings. The fourth-order valence-electron chi connectivity index (χ4n) is 8.74. The molecule has 0 spiro atoms. The van der Waals surface area contributed by atoms with Crippen molar-refractivity contribution in [3.8, 4) is 11.5 Å². The number of imide groups is 1. The number of hydrogen-bond donors (Lipinski definition) is 0. The van der Waals surface area contributed by atoms with E-state index < -0.39 is 51.9 Å². The Bertz CT molecular complexity index is 2160. The topological polar surface area (TPSA) is 72.9 Å². The van der Waals surface area contributed by atoms with Crippen LogP contribution in [0.15, 0.2) is 127 Å². The van der Waals surface area contributed by atoms with E-state index in [9.17, 15) is 13.2 Å². The number of benzene rings is 5. The van der Waals surface area contributed by atoms with Gasteiger partial charge in [-0.1, -0.05) is 96.5 Å². The number of ketones is 1. The van der Waals surface area contributed by atoms with Crippen molar-refractivity contribution in [1.82, 2.24) is 0 Å². The second kappa shape index (κ2) is 12.0. The number of Topliss-reactive ketones (excluding diaryl/α,β-unsaturated/α-hetero) is 1. The molecule has 0 radical (unpaired) electrons. The average Bonchev–Trinajstić information content (AvgIpc) is 3.67. The van der Waals surface area contributed by atoms with E-state index in [2.05, 4.69) is 0 Å². The van der Waals surface area contributed by atoms with Crippen LogP contribution in [0.25, 0.3) is 11.1 Å². The lowest BCUT2D eigenvalue weighted by Crippen LogP contribution is -2.45. The highest BCUT2D eigenvalue weighted by Crippen LogP contribution is 2.74. The van der Waals surface area contributed by atoms with Gasteiger partial charge >= 0.3 is 6.18 Å². The third-order valence-electron chi connectivity index (χ3n) is 10.7. The van der Waals surface area contributed by atoms with E-state index in [0.29, 0.717) is 44.9 Å². The first-order valence-electron chi connectivity index (χ1n) is 16.5. The minimum absolute atomic E-state index is 0.213. The average molecular weight is 720 g/mol. The number of amides is 2. The molecule has 1 aliphatic heterocycles. The molecule has 1 saturated heterocycles. The van der Waals surface area contributed by atoms with Gasteiger partial charge in [-0.05, 0) is 75.9 Å². The van der Waals surface area contributed by atoms with Gasteiger partial charge in [-0.3, -0.25) is 14.4 Å². The number of nitrogens with zero attached hydrogens (tertiary/aromatic N) is 1. The van der Waals surface area contributed by atoms with E-state index in [4.69, 9.17) is 21.1 Å². The Hall–Kier alpha value is -5.67. The fraction of sp³-hybridized carbons (Fsp3) is 0.167. The molecule has 1 heterocycles. The molecule has 1 saturated carbocycles. The summed E-state index contributed by atoms with van der Waals surface area (Å²) in [6, 6.07) is 34.5. The van der Waals surface area contributed by atoms with Crippen molar-refractivity contribution in [3.63, 3.8) is 0 Å². The Morgan fingerprint density at radius 2 is 1.04 bits per heavy atom. The molecule has 5 aromatic rings. The molecule has 52 heavy (non-hydrogen) atoms. The van der Waals surface area contributed by atoms with Crippen LogP contribution in [0.3, 0.4) is 0 Å². The Morgan fingerprint density at radius 1 is 0.615 bits per heavy atom. The Labute approximate surface area is 302 Å². The monoisotopic (exact) mass is 719 g/mol. The number of alkyl halides is 3. The van der Waals surface area contributed by atoms with Crippen LogP contribution in [0, 0.1) is 11.8 Å². The highest BCUT2D eigenvalue weighted by molar-refractivity contribution is 6.41. The number of hydrogen-bond acceptors (Lipinski definition) is 5. The van der Waals surface area contributed by atoms with Crippen LogP contribution in [0.4, 0.5) is 18.9 Å². The number of ether oxygens (including phenoxy) is 2. The van der Waals surface area contributed by atoms with Crippen molar-refractivity contribution < 1.29 is 37.0 Å². The zero-order chi connectivity index (χ0) is 36.6. The minimum atomic E-state index is -4.78. The summed E-state index contributed by atoms with van der Waals surface area (Å²) in [6.45, 7) is 0. The summed E-state index contributed by atoms with van der Waals surface area (Å²) < 4.78 is 53.1. The quantitative estimate of drug-likeness (QED) is 0.158. The standard InChI is InChI=1S/C42H29ClF3NO5/c1-51-29-18-13-24(14-19-29)33-34(25-15-20-30(52-2)21-16-25)41(27-11-7-4-8-12-27)36-35(40(33,39(41)50)26-9-5-3-6-10-26)37(48)47(38(36)49)32-23-28(42(44,45)46)17-22-31(32)43/h3-23,35-36H,1-2H3/t35-,36+,40+,41-. The van der Waals surface area contributed by atoms with E-state index >= 15 is 14.4 Å². The Balaban J connectivity index is 1.52. The molecule has 2 amide bonds. The SMILES string of the molecule is COc1ccc(C2=C(c3ccc(OC)cc3)[C@]3(c4ccccc4)C(=O)[C@@]2(c2ccccc2)[C@@H]2C(=O)N(c4cc(C(F)(F)F)ccc4Cl)C(=O)[C@@H]23)cc1. The first kappa shape index (κ1) is 33.5. The smallest absolute Gasteiger partial charge is 0.416 e. The fourth-order valence-corrected chi connectivity index (χ4v) is 8.94. The molecule has 2 aliphatic carbocycles. The molecule has 0 aromatic heterocycles. The number of carbonyl (C=O) groups is 3. The maximum Gasteiger partial charge on any atom is 0.416 e. The summed E-state index contributed by atoms with van der Waals surface area (Å²) in [7, 11) is 3.07. The summed E-state index contributed by atoms with van der Waals surface area (Å²) in [5, 5.41) is -0.213. The summed E-state index contributed by atoms with van der Waals surface area (Å²) in [5.41, 5.74) is -1.80. The van der Waals surface area contributed by atoms with Crippen LogP contribution in [-0.4, -0.2) is 31.8 Å². The minimum Gasteiger partial charge on any atom is -0.497 e. The van der Waals surface area contributed by atoms with E-state index in [1.807, 2.05) is 24.3 Å². The first-order valence-corrected chi connectivity index (χ1v) is 16.8. The lowest BCUT2D eigenvalue weighted by atomic mass is 9.59. The molecule has 260 valence electrons. The van der Waals surface area contributed by atoms with Crippen molar-refractivity contribution in [1.29, 1.82) is 0 Å². The molecule has 2 bridgehead atoms. The number of fused-ring (bicyclic) bond motifs is 5. The lowest BCUT2D eigenvalue weighted by molar-refractivity contribution is -0.137. The molecule has 5 aromatic carbocycles. The van der Waals surface area contributed by atoms with E-state index in [1.165, 1.54) is 14.2 Å². The first-order chi connectivity index (χ1) is 25.0. The second-order valence-corrected chi connectivity index (χ2v) is 13.4. The highest BCUT2D eigenvalue weighted by Gasteiger charge is 2.82. The third kappa shape index (κ3) is 4.41. The van der Waals surface area contributed by atoms with Gasteiger partial charge in [0.25, 0.3) is 0 Å². The molecular weight excluding hydrogens is 691 g/mol. The maximum absolute atomic E-state index is 16.0. The number of halogens is 4. The van der Waals surface area contributed by atoms with Crippen molar-refractivity contribution in [2.45, 2.75) is 17.0 Å². The van der Waals surface area contributed by atoms with Crippen LogP contribution >= 0.6 is 11.6 Å². The Kier molecular flexibility index (Phi) is 7.69. The summed E-state index contributed by atoms with van der Waals surface area (Å²) >= 11 is 6.53. The van der Waals surface area contributed by atoms with Gasteiger partial charge < -0.3 is 9.47 Å². The molecule has 2 fully saturated rings. The van der Waals surface area contributed by atoms with Crippen molar-refractivity contribution in [3.05, 3.63) is 160 Å². The van der Waals surface area contributed by atoms with Crippen molar-refractivity contribution in [2.24, 2.45) is 11.8 Å². The predicted octanol–water partition coefficient (Wildman–Crippen LogP) is 8.56. The van der Waals surface area contributed by atoms with E-state index in [-0.39, 0.29) is 10.8 Å². The van der Waals surface area contributed by atoms with Gasteiger partial charge in [0.15, 0.2) is 5.78 Å². The number of allylic oxidation sites excluding steroid dienone is 2. The molecule has 8 rings (SSSR count). The van der Waals surface area contributed by atoms with Gasteiger partial charge in [-0.25, -0.2) is 4.90 Å². The van der Waals surface area contributed by atoms with Crippen molar-refractivity contribution >= 4 is 46.0 Å². The van der Waals surface area contributed by atoms with Gasteiger partial charge in [0.05, 0.1) is 53.2 Å². The van der Waals surface area contributed by atoms with Crippen LogP contribution in [0.5, 0.6) is 11.5 Å². The van der Waals surface area contributed by atoms with Gasteiger partial charge in [-0.15, -0.1) is 0 Å². The van der Waals surface area contributed by atoms with Crippen LogP contribution in [0.1, 0.15) is 27.8 Å². The summed E-state index contributed by atoms with van der Waals surface area (Å²) in [4.78, 5) is 47.1. The number of anilines is 1. The van der Waals surface area contributed by atoms with E-state index in [1.54, 1.807) is 84.9 Å². The summed E-state index contributed by atoms with van der Waals surface area (Å²) in [5.74, 6) is -3.57. The molecular formula is C42H29ClF3NO5. The number of methoxy groups -OCH3 is 2. The van der Waals surface area contributed by atoms with Gasteiger partial charge in [0.2, 0.25) is 11.8 Å².